The molecule has 0 spiro atoms. The lowest BCUT2D eigenvalue weighted by molar-refractivity contribution is 0.196. The number of carbonyl (C=O) groups excluding carboxylic acids is 1. The van der Waals surface area contributed by atoms with E-state index in [-0.39, 0.29) is 6.03 Å². The van der Waals surface area contributed by atoms with Crippen LogP contribution in [0.15, 0.2) is 0 Å². The number of piperidine rings is 1. The molecule has 16 heavy (non-hydrogen) atoms. The van der Waals surface area contributed by atoms with E-state index in [4.69, 9.17) is 0 Å². The van der Waals surface area contributed by atoms with Crippen LogP contribution in [0.1, 0.15) is 32.6 Å². The molecule has 2 N–H and O–H groups in total. The van der Waals surface area contributed by atoms with Crippen LogP contribution in [0.4, 0.5) is 4.79 Å². The van der Waals surface area contributed by atoms with Gasteiger partial charge in [0.05, 0.1) is 0 Å². The third kappa shape index (κ3) is 2.88. The Morgan fingerprint density at radius 3 is 2.56 bits per heavy atom. The van der Waals surface area contributed by atoms with Crippen molar-refractivity contribution in [2.24, 2.45) is 5.92 Å². The van der Waals surface area contributed by atoms with Crippen molar-refractivity contribution < 1.29 is 4.79 Å². The first-order chi connectivity index (χ1) is 7.77. The molecule has 0 aromatic heterocycles. The number of hydrogen-bond acceptors (Lipinski definition) is 2. The topological polar surface area (TPSA) is 44.4 Å². The average molecular weight is 225 g/mol. The minimum atomic E-state index is 0.142. The molecule has 2 fully saturated rings. The van der Waals surface area contributed by atoms with Gasteiger partial charge in [-0.05, 0) is 51.6 Å². The lowest BCUT2D eigenvalue weighted by Gasteiger charge is -2.30. The van der Waals surface area contributed by atoms with Crippen LogP contribution < -0.4 is 10.6 Å². The summed E-state index contributed by atoms with van der Waals surface area (Å²) in [6, 6.07) is 0.457. The third-order valence-corrected chi connectivity index (χ3v) is 3.84. The minimum Gasteiger partial charge on any atom is -0.335 e. The molecular weight excluding hydrogens is 202 g/mol. The number of carbonyl (C=O) groups is 1. The van der Waals surface area contributed by atoms with E-state index in [1.165, 1.54) is 12.8 Å². The highest BCUT2D eigenvalue weighted by molar-refractivity contribution is 5.74. The summed E-state index contributed by atoms with van der Waals surface area (Å²) in [7, 11) is 0. The molecule has 92 valence electrons. The summed E-state index contributed by atoms with van der Waals surface area (Å²) in [6.07, 6.45) is 4.69. The van der Waals surface area contributed by atoms with Crippen molar-refractivity contribution in [2.75, 3.05) is 26.2 Å². The van der Waals surface area contributed by atoms with Crippen LogP contribution in [-0.2, 0) is 0 Å². The van der Waals surface area contributed by atoms with Crippen LogP contribution in [0.2, 0.25) is 0 Å². The van der Waals surface area contributed by atoms with Gasteiger partial charge in [-0.15, -0.1) is 0 Å². The molecule has 0 saturated carbocycles. The molecule has 4 nitrogen and oxygen atoms in total. The molecule has 0 bridgehead atoms. The molecule has 2 aliphatic heterocycles. The second-order valence-electron chi connectivity index (χ2n) is 5.02. The van der Waals surface area contributed by atoms with Crippen LogP contribution in [0.3, 0.4) is 0 Å². The summed E-state index contributed by atoms with van der Waals surface area (Å²) in [4.78, 5) is 13.8. The third-order valence-electron chi connectivity index (χ3n) is 3.84. The molecule has 2 aliphatic rings. The van der Waals surface area contributed by atoms with E-state index < -0.39 is 0 Å². The zero-order valence-corrected chi connectivity index (χ0v) is 10.2. The van der Waals surface area contributed by atoms with Crippen LogP contribution in [0.25, 0.3) is 0 Å². The minimum absolute atomic E-state index is 0.142. The SMILES string of the molecule is CC(NC(=O)N1CCCC1)C1CCNCC1. The smallest absolute Gasteiger partial charge is 0.317 e. The van der Waals surface area contributed by atoms with Gasteiger partial charge in [0.15, 0.2) is 0 Å². The molecule has 4 heteroatoms. The second kappa shape index (κ2) is 5.53. The second-order valence-corrected chi connectivity index (χ2v) is 5.02. The lowest BCUT2D eigenvalue weighted by Crippen LogP contribution is -2.47. The number of hydrogen-bond donors (Lipinski definition) is 2. The first kappa shape index (κ1) is 11.7. The summed E-state index contributed by atoms with van der Waals surface area (Å²) in [5.41, 5.74) is 0. The summed E-state index contributed by atoms with van der Waals surface area (Å²) in [5, 5.41) is 6.51. The van der Waals surface area contributed by atoms with Crippen molar-refractivity contribution in [3.8, 4) is 0 Å². The largest absolute Gasteiger partial charge is 0.335 e. The lowest BCUT2D eigenvalue weighted by atomic mass is 9.91. The molecule has 1 atom stereocenters. The maximum Gasteiger partial charge on any atom is 0.317 e. The molecule has 0 aromatic rings. The Kier molecular flexibility index (Phi) is 4.04. The maximum absolute atomic E-state index is 11.9. The standard InChI is InChI=1S/C12H23N3O/c1-10(11-4-6-13-7-5-11)14-12(16)15-8-2-3-9-15/h10-11,13H,2-9H2,1H3,(H,14,16). The Labute approximate surface area is 97.8 Å². The first-order valence-electron chi connectivity index (χ1n) is 6.53. The summed E-state index contributed by atoms with van der Waals surface area (Å²) in [5.74, 6) is 0.646. The van der Waals surface area contributed by atoms with Crippen molar-refractivity contribution in [2.45, 2.75) is 38.6 Å². The van der Waals surface area contributed by atoms with E-state index in [0.717, 1.165) is 39.0 Å². The molecule has 2 rings (SSSR count). The van der Waals surface area contributed by atoms with E-state index in [0.29, 0.717) is 12.0 Å². The highest BCUT2D eigenvalue weighted by atomic mass is 16.2. The van der Waals surface area contributed by atoms with Crippen LogP contribution in [-0.4, -0.2) is 43.2 Å². The van der Waals surface area contributed by atoms with Crippen LogP contribution >= 0.6 is 0 Å². The number of rotatable bonds is 2. The van der Waals surface area contributed by atoms with Gasteiger partial charge >= 0.3 is 6.03 Å². The van der Waals surface area contributed by atoms with Crippen LogP contribution in [0, 0.1) is 5.92 Å². The molecule has 2 heterocycles. The van der Waals surface area contributed by atoms with Gasteiger partial charge in [0.25, 0.3) is 0 Å². The Morgan fingerprint density at radius 1 is 1.31 bits per heavy atom. The molecule has 1 unspecified atom stereocenters. The Bertz CT molecular complexity index is 232. The summed E-state index contributed by atoms with van der Waals surface area (Å²) in [6.45, 7) is 6.20. The van der Waals surface area contributed by atoms with Crippen molar-refractivity contribution in [1.29, 1.82) is 0 Å². The summed E-state index contributed by atoms with van der Waals surface area (Å²) >= 11 is 0. The molecular formula is C12H23N3O. The van der Waals surface area contributed by atoms with Gasteiger partial charge in [-0.25, -0.2) is 4.79 Å². The number of amides is 2. The quantitative estimate of drug-likeness (QED) is 0.741. The van der Waals surface area contributed by atoms with E-state index in [9.17, 15) is 4.79 Å². The average Bonchev–Trinajstić information content (AvgIpc) is 2.83. The zero-order valence-electron chi connectivity index (χ0n) is 10.2. The molecule has 2 amide bonds. The highest BCUT2D eigenvalue weighted by Gasteiger charge is 2.24. The Hall–Kier alpha value is -0.770. The fourth-order valence-electron chi connectivity index (χ4n) is 2.67. The molecule has 0 aromatic carbocycles. The van der Waals surface area contributed by atoms with E-state index >= 15 is 0 Å². The highest BCUT2D eigenvalue weighted by Crippen LogP contribution is 2.16. The zero-order chi connectivity index (χ0) is 11.4. The van der Waals surface area contributed by atoms with Gasteiger partial charge in [-0.2, -0.15) is 0 Å². The van der Waals surface area contributed by atoms with Crippen molar-refractivity contribution >= 4 is 6.03 Å². The Balaban J connectivity index is 1.76. The number of nitrogens with zero attached hydrogens (tertiary/aromatic N) is 1. The fourth-order valence-corrected chi connectivity index (χ4v) is 2.67. The molecule has 0 radical (unpaired) electrons. The number of likely N-dealkylation sites (tertiary alicyclic amines) is 1. The number of urea groups is 1. The van der Waals surface area contributed by atoms with Crippen LogP contribution in [0.5, 0.6) is 0 Å². The van der Waals surface area contributed by atoms with E-state index in [2.05, 4.69) is 17.6 Å². The van der Waals surface area contributed by atoms with E-state index in [1.54, 1.807) is 0 Å². The normalized spacial score (nSPS) is 24.4. The maximum atomic E-state index is 11.9. The monoisotopic (exact) mass is 225 g/mol. The number of nitrogens with one attached hydrogen (secondary N) is 2. The van der Waals surface area contributed by atoms with Gasteiger partial charge < -0.3 is 15.5 Å². The Morgan fingerprint density at radius 2 is 1.94 bits per heavy atom. The van der Waals surface area contributed by atoms with Gasteiger partial charge in [0.1, 0.15) is 0 Å². The molecule has 0 aliphatic carbocycles. The van der Waals surface area contributed by atoms with Gasteiger partial charge in [-0.3, -0.25) is 0 Å². The molecule has 2 saturated heterocycles. The van der Waals surface area contributed by atoms with Gasteiger partial charge in [0, 0.05) is 19.1 Å². The van der Waals surface area contributed by atoms with E-state index in [1.807, 2.05) is 4.90 Å². The summed E-state index contributed by atoms with van der Waals surface area (Å²) < 4.78 is 0. The van der Waals surface area contributed by atoms with Crippen molar-refractivity contribution in [3.63, 3.8) is 0 Å². The fraction of sp³-hybridized carbons (Fsp3) is 0.917. The van der Waals surface area contributed by atoms with Crippen molar-refractivity contribution in [1.82, 2.24) is 15.5 Å². The van der Waals surface area contributed by atoms with Crippen molar-refractivity contribution in [3.05, 3.63) is 0 Å². The predicted octanol–water partition coefficient (Wildman–Crippen LogP) is 1.18. The first-order valence-corrected chi connectivity index (χ1v) is 6.53. The predicted molar refractivity (Wildman–Crippen MR) is 64.4 cm³/mol. The van der Waals surface area contributed by atoms with Gasteiger partial charge in [0.2, 0.25) is 0 Å². The van der Waals surface area contributed by atoms with Gasteiger partial charge in [-0.1, -0.05) is 0 Å².